The molecule has 1 aromatic heterocycles. The van der Waals surface area contributed by atoms with Gasteiger partial charge in [-0.3, -0.25) is 0 Å². The normalized spacial score (nSPS) is 16.0. The van der Waals surface area contributed by atoms with Gasteiger partial charge in [0.2, 0.25) is 0 Å². The van der Waals surface area contributed by atoms with Crippen LogP contribution in [0.3, 0.4) is 0 Å². The molecule has 0 aliphatic carbocycles. The molecule has 1 aromatic carbocycles. The number of hydrogen-bond acceptors (Lipinski definition) is 3. The van der Waals surface area contributed by atoms with Crippen LogP contribution in [0.4, 0.5) is 11.5 Å². The van der Waals surface area contributed by atoms with Gasteiger partial charge in [0.05, 0.1) is 5.02 Å². The molecule has 1 N–H and O–H groups in total. The molecule has 110 valence electrons. The molecule has 1 aliphatic rings. The second-order valence-corrected chi connectivity index (χ2v) is 6.48. The van der Waals surface area contributed by atoms with Crippen molar-refractivity contribution < 1.29 is 0 Å². The lowest BCUT2D eigenvalue weighted by molar-refractivity contribution is 0.523. The minimum absolute atomic E-state index is 0.498. The van der Waals surface area contributed by atoms with Crippen LogP contribution in [0.2, 0.25) is 5.02 Å². The van der Waals surface area contributed by atoms with Crippen LogP contribution >= 0.6 is 27.5 Å². The summed E-state index contributed by atoms with van der Waals surface area (Å²) in [5.41, 5.74) is 1.11. The third kappa shape index (κ3) is 3.69. The molecule has 0 radical (unpaired) electrons. The molecule has 0 atom stereocenters. The van der Waals surface area contributed by atoms with E-state index in [2.05, 4.69) is 37.2 Å². The van der Waals surface area contributed by atoms with E-state index in [0.29, 0.717) is 6.04 Å². The van der Waals surface area contributed by atoms with Gasteiger partial charge in [0.25, 0.3) is 0 Å². The molecular weight excluding hydrogens is 350 g/mol. The second kappa shape index (κ2) is 6.67. The Bertz CT molecular complexity index is 598. The number of aromatic nitrogens is 1. The number of benzene rings is 1. The smallest absolute Gasteiger partial charge is 0.128 e. The Morgan fingerprint density at radius 1 is 1.19 bits per heavy atom. The third-order valence-corrected chi connectivity index (χ3v) is 4.97. The van der Waals surface area contributed by atoms with Crippen molar-refractivity contribution in [3.05, 3.63) is 52.1 Å². The average molecular weight is 367 g/mol. The maximum Gasteiger partial charge on any atom is 0.128 e. The number of nitrogens with one attached hydrogen (secondary N) is 1. The highest BCUT2D eigenvalue weighted by Gasteiger charge is 2.19. The van der Waals surface area contributed by atoms with Crippen LogP contribution in [0.5, 0.6) is 0 Å². The van der Waals surface area contributed by atoms with Crippen LogP contribution in [0.1, 0.15) is 12.8 Å². The number of hydrogen-bond donors (Lipinski definition) is 1. The summed E-state index contributed by atoms with van der Waals surface area (Å²) in [7, 11) is 0. The fourth-order valence-corrected chi connectivity index (χ4v) is 3.11. The summed E-state index contributed by atoms with van der Waals surface area (Å²) in [6.07, 6.45) is 4.07. The standard InChI is InChI=1S/C16H17BrClN3/c17-14-11-13(4-5-15(14)18)20-12-6-9-21(10-7-12)16-3-1-2-8-19-16/h1-5,8,11-12,20H,6-7,9-10H2. The topological polar surface area (TPSA) is 28.2 Å². The van der Waals surface area contributed by atoms with E-state index in [0.717, 1.165) is 46.9 Å². The molecule has 3 rings (SSSR count). The second-order valence-electron chi connectivity index (χ2n) is 5.22. The van der Waals surface area contributed by atoms with Gasteiger partial charge in [0.1, 0.15) is 5.82 Å². The number of pyridine rings is 1. The quantitative estimate of drug-likeness (QED) is 0.862. The van der Waals surface area contributed by atoms with Crippen LogP contribution < -0.4 is 10.2 Å². The zero-order chi connectivity index (χ0) is 14.7. The predicted molar refractivity (Wildman–Crippen MR) is 92.2 cm³/mol. The van der Waals surface area contributed by atoms with Gasteiger partial charge in [0.15, 0.2) is 0 Å². The highest BCUT2D eigenvalue weighted by Crippen LogP contribution is 2.27. The SMILES string of the molecule is Clc1ccc(NC2CCN(c3ccccn3)CC2)cc1Br. The summed E-state index contributed by atoms with van der Waals surface area (Å²) in [5, 5.41) is 4.33. The molecule has 0 unspecified atom stereocenters. The van der Waals surface area contributed by atoms with Crippen molar-refractivity contribution >= 4 is 39.0 Å². The van der Waals surface area contributed by atoms with E-state index in [1.807, 2.05) is 36.5 Å². The van der Waals surface area contributed by atoms with E-state index < -0.39 is 0 Å². The number of halogens is 2. The average Bonchev–Trinajstić information content (AvgIpc) is 2.53. The van der Waals surface area contributed by atoms with E-state index >= 15 is 0 Å². The van der Waals surface area contributed by atoms with E-state index in [4.69, 9.17) is 11.6 Å². The summed E-state index contributed by atoms with van der Waals surface area (Å²) in [6.45, 7) is 2.06. The van der Waals surface area contributed by atoms with Crippen LogP contribution in [0.25, 0.3) is 0 Å². The Hall–Kier alpha value is -1.26. The first-order chi connectivity index (χ1) is 10.2. The van der Waals surface area contributed by atoms with Gasteiger partial charge in [-0.15, -0.1) is 0 Å². The zero-order valence-electron chi connectivity index (χ0n) is 11.6. The Labute approximate surface area is 138 Å². The van der Waals surface area contributed by atoms with Crippen LogP contribution in [-0.2, 0) is 0 Å². The van der Waals surface area contributed by atoms with Crippen molar-refractivity contribution in [2.75, 3.05) is 23.3 Å². The largest absolute Gasteiger partial charge is 0.382 e. The Morgan fingerprint density at radius 3 is 2.67 bits per heavy atom. The number of rotatable bonds is 3. The van der Waals surface area contributed by atoms with Crippen LogP contribution in [0, 0.1) is 0 Å². The minimum Gasteiger partial charge on any atom is -0.382 e. The molecule has 21 heavy (non-hydrogen) atoms. The number of anilines is 2. The van der Waals surface area contributed by atoms with Crippen LogP contribution in [0.15, 0.2) is 47.1 Å². The lowest BCUT2D eigenvalue weighted by atomic mass is 10.0. The van der Waals surface area contributed by atoms with E-state index in [1.54, 1.807) is 0 Å². The molecule has 0 bridgehead atoms. The van der Waals surface area contributed by atoms with E-state index in [-0.39, 0.29) is 0 Å². The first-order valence-corrected chi connectivity index (χ1v) is 8.27. The van der Waals surface area contributed by atoms with Gasteiger partial charge in [-0.05, 0) is 59.1 Å². The number of piperidine rings is 1. The zero-order valence-corrected chi connectivity index (χ0v) is 13.9. The molecule has 0 spiro atoms. The fourth-order valence-electron chi connectivity index (χ4n) is 2.62. The Kier molecular flexibility index (Phi) is 4.66. The summed E-state index contributed by atoms with van der Waals surface area (Å²) >= 11 is 9.48. The van der Waals surface area contributed by atoms with Gasteiger partial charge in [-0.25, -0.2) is 4.98 Å². The lowest BCUT2D eigenvalue weighted by Crippen LogP contribution is -2.39. The molecule has 1 aliphatic heterocycles. The van der Waals surface area contributed by atoms with Gasteiger partial charge < -0.3 is 10.2 Å². The van der Waals surface area contributed by atoms with Crippen molar-refractivity contribution in [3.8, 4) is 0 Å². The molecule has 0 saturated carbocycles. The predicted octanol–water partition coefficient (Wildman–Crippen LogP) is 4.58. The Morgan fingerprint density at radius 2 is 2.00 bits per heavy atom. The van der Waals surface area contributed by atoms with E-state index in [9.17, 15) is 0 Å². The summed E-state index contributed by atoms with van der Waals surface area (Å²) in [4.78, 5) is 6.76. The maximum absolute atomic E-state index is 6.02. The first kappa shape index (κ1) is 14.7. The molecular formula is C16H17BrClN3. The molecule has 2 heterocycles. The summed E-state index contributed by atoms with van der Waals surface area (Å²) in [5.74, 6) is 1.07. The van der Waals surface area contributed by atoms with Gasteiger partial charge in [-0.1, -0.05) is 17.7 Å². The first-order valence-electron chi connectivity index (χ1n) is 7.10. The molecule has 5 heteroatoms. The molecule has 1 fully saturated rings. The summed E-state index contributed by atoms with van der Waals surface area (Å²) < 4.78 is 0.931. The van der Waals surface area contributed by atoms with Crippen molar-refractivity contribution in [1.82, 2.24) is 4.98 Å². The number of nitrogens with zero attached hydrogens (tertiary/aromatic N) is 2. The van der Waals surface area contributed by atoms with Gasteiger partial charge in [0, 0.05) is 35.5 Å². The van der Waals surface area contributed by atoms with E-state index in [1.165, 1.54) is 0 Å². The molecule has 3 nitrogen and oxygen atoms in total. The highest BCUT2D eigenvalue weighted by atomic mass is 79.9. The maximum atomic E-state index is 6.02. The van der Waals surface area contributed by atoms with Gasteiger partial charge >= 0.3 is 0 Å². The van der Waals surface area contributed by atoms with Crippen LogP contribution in [-0.4, -0.2) is 24.1 Å². The highest BCUT2D eigenvalue weighted by molar-refractivity contribution is 9.10. The molecule has 1 saturated heterocycles. The third-order valence-electron chi connectivity index (χ3n) is 3.76. The van der Waals surface area contributed by atoms with Crippen molar-refractivity contribution in [3.63, 3.8) is 0 Å². The summed E-state index contributed by atoms with van der Waals surface area (Å²) in [6, 6.07) is 12.5. The van der Waals surface area contributed by atoms with Gasteiger partial charge in [-0.2, -0.15) is 0 Å². The lowest BCUT2D eigenvalue weighted by Gasteiger charge is -2.33. The monoisotopic (exact) mass is 365 g/mol. The molecule has 0 amide bonds. The van der Waals surface area contributed by atoms with Crippen molar-refractivity contribution in [2.24, 2.45) is 0 Å². The van der Waals surface area contributed by atoms with Crippen molar-refractivity contribution in [1.29, 1.82) is 0 Å². The minimum atomic E-state index is 0.498. The molecule has 2 aromatic rings. The fraction of sp³-hybridized carbons (Fsp3) is 0.312. The Balaban J connectivity index is 1.57. The van der Waals surface area contributed by atoms with Crippen molar-refractivity contribution in [2.45, 2.75) is 18.9 Å².